The van der Waals surface area contributed by atoms with Gasteiger partial charge in [0.15, 0.2) is 0 Å². The average molecular weight is 158 g/mol. The molecule has 4 nitrogen and oxygen atoms in total. The fourth-order valence-electron chi connectivity index (χ4n) is 1.05. The second kappa shape index (κ2) is 4.18. The Morgan fingerprint density at radius 1 is 1.73 bits per heavy atom. The Labute approximate surface area is 66.5 Å². The summed E-state index contributed by atoms with van der Waals surface area (Å²) < 4.78 is 4.85. The van der Waals surface area contributed by atoms with Crippen LogP contribution in [0.25, 0.3) is 0 Å². The van der Waals surface area contributed by atoms with Crippen LogP contribution < -0.4 is 5.32 Å². The number of cyclic esters (lactones) is 1. The lowest BCUT2D eigenvalue weighted by atomic mass is 10.3. The Bertz CT molecular complexity index is 138. The highest BCUT2D eigenvalue weighted by atomic mass is 16.6. The number of carbonyl (C=O) groups excluding carboxylic acids is 1. The largest absolute Gasteiger partial charge is 0.449 e. The minimum atomic E-state index is -0.175. The summed E-state index contributed by atoms with van der Waals surface area (Å²) in [5.74, 6) is 0. The van der Waals surface area contributed by atoms with E-state index in [-0.39, 0.29) is 6.09 Å². The lowest BCUT2D eigenvalue weighted by molar-refractivity contribution is 0.0735. The molecule has 1 aliphatic heterocycles. The van der Waals surface area contributed by atoms with E-state index >= 15 is 0 Å². The smallest absolute Gasteiger partial charge is 0.409 e. The van der Waals surface area contributed by atoms with Crippen molar-refractivity contribution in [3.63, 3.8) is 0 Å². The summed E-state index contributed by atoms with van der Waals surface area (Å²) in [5, 5.41) is 2.99. The predicted octanol–water partition coefficient (Wildman–Crippen LogP) is 0.0481. The van der Waals surface area contributed by atoms with Crippen molar-refractivity contribution in [2.24, 2.45) is 0 Å². The number of likely N-dealkylation sites (N-methyl/N-ethyl adjacent to an activating group) is 1. The van der Waals surface area contributed by atoms with Crippen LogP contribution in [0.4, 0.5) is 4.79 Å². The Hall–Kier alpha value is -0.770. The SMILES string of the molecule is CNCCN1CCCOC1=O. The van der Waals surface area contributed by atoms with Crippen molar-refractivity contribution in [3.8, 4) is 0 Å². The fourth-order valence-corrected chi connectivity index (χ4v) is 1.05. The summed E-state index contributed by atoms with van der Waals surface area (Å²) in [5.41, 5.74) is 0. The van der Waals surface area contributed by atoms with Crippen LogP contribution in [-0.4, -0.2) is 44.3 Å². The first-order chi connectivity index (χ1) is 5.34. The molecule has 0 saturated carbocycles. The summed E-state index contributed by atoms with van der Waals surface area (Å²) in [6.07, 6.45) is 0.779. The Morgan fingerprint density at radius 3 is 3.18 bits per heavy atom. The third kappa shape index (κ3) is 2.38. The first-order valence-corrected chi connectivity index (χ1v) is 3.91. The van der Waals surface area contributed by atoms with E-state index in [1.54, 1.807) is 4.90 Å². The van der Waals surface area contributed by atoms with Gasteiger partial charge in [-0.1, -0.05) is 0 Å². The zero-order valence-electron chi connectivity index (χ0n) is 6.80. The van der Waals surface area contributed by atoms with Gasteiger partial charge in [-0.2, -0.15) is 0 Å². The maximum Gasteiger partial charge on any atom is 0.409 e. The summed E-state index contributed by atoms with van der Waals surface area (Å²) in [6, 6.07) is 0. The molecule has 1 saturated heterocycles. The minimum absolute atomic E-state index is 0.175. The maximum absolute atomic E-state index is 11.0. The van der Waals surface area contributed by atoms with Gasteiger partial charge in [0.2, 0.25) is 0 Å². The van der Waals surface area contributed by atoms with E-state index in [1.165, 1.54) is 0 Å². The van der Waals surface area contributed by atoms with Gasteiger partial charge in [-0.15, -0.1) is 0 Å². The molecule has 0 aromatic heterocycles. The molecule has 0 radical (unpaired) electrons. The number of hydrogen-bond acceptors (Lipinski definition) is 3. The van der Waals surface area contributed by atoms with Gasteiger partial charge in [0.1, 0.15) is 0 Å². The topological polar surface area (TPSA) is 41.6 Å². The van der Waals surface area contributed by atoms with Crippen molar-refractivity contribution in [3.05, 3.63) is 0 Å². The monoisotopic (exact) mass is 158 g/mol. The maximum atomic E-state index is 11.0. The van der Waals surface area contributed by atoms with E-state index in [4.69, 9.17) is 4.74 Å². The van der Waals surface area contributed by atoms with E-state index in [1.807, 2.05) is 7.05 Å². The molecule has 1 heterocycles. The van der Waals surface area contributed by atoms with Crippen molar-refractivity contribution in [2.45, 2.75) is 6.42 Å². The van der Waals surface area contributed by atoms with Crippen molar-refractivity contribution >= 4 is 6.09 Å². The third-order valence-electron chi connectivity index (χ3n) is 1.69. The van der Waals surface area contributed by atoms with Gasteiger partial charge in [0.05, 0.1) is 6.61 Å². The van der Waals surface area contributed by atoms with Gasteiger partial charge in [-0.05, 0) is 13.5 Å². The molecule has 1 fully saturated rings. The normalized spacial score (nSPS) is 18.3. The molecule has 11 heavy (non-hydrogen) atoms. The van der Waals surface area contributed by atoms with E-state index in [2.05, 4.69) is 5.32 Å². The van der Waals surface area contributed by atoms with Crippen molar-refractivity contribution in [1.82, 2.24) is 10.2 Å². The molecule has 0 bridgehead atoms. The molecule has 0 aliphatic carbocycles. The fraction of sp³-hybridized carbons (Fsp3) is 0.857. The summed E-state index contributed by atoms with van der Waals surface area (Å²) in [4.78, 5) is 12.7. The Morgan fingerprint density at radius 2 is 2.55 bits per heavy atom. The van der Waals surface area contributed by atoms with Gasteiger partial charge in [-0.25, -0.2) is 4.79 Å². The molecule has 4 heteroatoms. The van der Waals surface area contributed by atoms with Crippen LogP contribution in [0.15, 0.2) is 0 Å². The number of amides is 1. The van der Waals surface area contributed by atoms with Crippen LogP contribution >= 0.6 is 0 Å². The van der Waals surface area contributed by atoms with E-state index in [0.717, 1.165) is 26.1 Å². The molecule has 0 unspecified atom stereocenters. The molecule has 0 aromatic rings. The van der Waals surface area contributed by atoms with Crippen LogP contribution in [0.5, 0.6) is 0 Å². The van der Waals surface area contributed by atoms with Crippen LogP contribution in [-0.2, 0) is 4.74 Å². The molecule has 1 amide bonds. The Balaban J connectivity index is 2.24. The number of carbonyl (C=O) groups is 1. The quantitative estimate of drug-likeness (QED) is 0.631. The molecule has 0 spiro atoms. The zero-order valence-corrected chi connectivity index (χ0v) is 6.80. The van der Waals surface area contributed by atoms with E-state index in [9.17, 15) is 4.79 Å². The highest BCUT2D eigenvalue weighted by Crippen LogP contribution is 2.02. The molecular weight excluding hydrogens is 144 g/mol. The molecule has 1 aliphatic rings. The number of hydrogen-bond donors (Lipinski definition) is 1. The van der Waals surface area contributed by atoms with Crippen LogP contribution in [0, 0.1) is 0 Å². The van der Waals surface area contributed by atoms with Crippen LogP contribution in [0.2, 0.25) is 0 Å². The first kappa shape index (κ1) is 8.33. The molecule has 0 atom stereocenters. The number of nitrogens with zero attached hydrogens (tertiary/aromatic N) is 1. The molecule has 1 rings (SSSR count). The second-order valence-corrected chi connectivity index (χ2v) is 2.56. The molecule has 64 valence electrons. The number of ether oxygens (including phenoxy) is 1. The molecular formula is C7H14N2O2. The number of rotatable bonds is 3. The minimum Gasteiger partial charge on any atom is -0.449 e. The standard InChI is InChI=1S/C7H14N2O2/c1-8-3-5-9-4-2-6-11-7(9)10/h8H,2-6H2,1H3. The van der Waals surface area contributed by atoms with Gasteiger partial charge in [0.25, 0.3) is 0 Å². The van der Waals surface area contributed by atoms with Crippen LogP contribution in [0.3, 0.4) is 0 Å². The molecule has 0 aromatic carbocycles. The summed E-state index contributed by atoms with van der Waals surface area (Å²) in [7, 11) is 1.87. The van der Waals surface area contributed by atoms with Gasteiger partial charge in [0, 0.05) is 19.6 Å². The Kier molecular flexibility index (Phi) is 3.16. The highest BCUT2D eigenvalue weighted by molar-refractivity contribution is 5.68. The zero-order chi connectivity index (χ0) is 8.10. The van der Waals surface area contributed by atoms with Gasteiger partial charge >= 0.3 is 6.09 Å². The average Bonchev–Trinajstić information content (AvgIpc) is 2.03. The number of nitrogens with one attached hydrogen (secondary N) is 1. The third-order valence-corrected chi connectivity index (χ3v) is 1.69. The second-order valence-electron chi connectivity index (χ2n) is 2.56. The highest BCUT2D eigenvalue weighted by Gasteiger charge is 2.17. The van der Waals surface area contributed by atoms with E-state index in [0.29, 0.717) is 6.61 Å². The van der Waals surface area contributed by atoms with E-state index < -0.39 is 0 Å². The van der Waals surface area contributed by atoms with Crippen molar-refractivity contribution in [1.29, 1.82) is 0 Å². The first-order valence-electron chi connectivity index (χ1n) is 3.91. The van der Waals surface area contributed by atoms with Gasteiger partial charge < -0.3 is 15.0 Å². The predicted molar refractivity (Wildman–Crippen MR) is 41.5 cm³/mol. The van der Waals surface area contributed by atoms with Crippen LogP contribution in [0.1, 0.15) is 6.42 Å². The van der Waals surface area contributed by atoms with Crippen molar-refractivity contribution in [2.75, 3.05) is 33.3 Å². The lowest BCUT2D eigenvalue weighted by Gasteiger charge is -2.25. The summed E-state index contributed by atoms with van der Waals surface area (Å²) in [6.45, 7) is 2.99. The lowest BCUT2D eigenvalue weighted by Crippen LogP contribution is -2.41. The van der Waals surface area contributed by atoms with Crippen molar-refractivity contribution < 1.29 is 9.53 Å². The summed E-state index contributed by atoms with van der Waals surface area (Å²) >= 11 is 0. The molecule has 1 N–H and O–H groups in total. The van der Waals surface area contributed by atoms with Gasteiger partial charge in [-0.3, -0.25) is 0 Å².